The normalized spacial score (nSPS) is 10.4. The van der Waals surface area contributed by atoms with Crippen LogP contribution >= 0.6 is 0 Å². The Morgan fingerprint density at radius 2 is 2.10 bits per heavy atom. The van der Waals surface area contributed by atoms with Crippen molar-refractivity contribution in [1.82, 2.24) is 5.32 Å². The van der Waals surface area contributed by atoms with Gasteiger partial charge >= 0.3 is 0 Å². The number of Topliss-reactive ketones (excluding diaryl/α,β-unsaturated/α-hetero) is 1. The lowest BCUT2D eigenvalue weighted by atomic mass is 10.2. The predicted octanol–water partition coefficient (Wildman–Crippen LogP) is 1.35. The molecule has 0 aliphatic heterocycles. The Kier molecular flexibility index (Phi) is 5.22. The predicted molar refractivity (Wildman–Crippen MR) is 43.1 cm³/mol. The van der Waals surface area contributed by atoms with Crippen LogP contribution in [0.3, 0.4) is 0 Å². The molecule has 0 amide bonds. The third kappa shape index (κ3) is 7.63. The summed E-state index contributed by atoms with van der Waals surface area (Å²) < 4.78 is 0. The molecule has 0 saturated carbocycles. The van der Waals surface area contributed by atoms with Crippen LogP contribution < -0.4 is 5.32 Å². The van der Waals surface area contributed by atoms with Crippen LogP contribution in [0.25, 0.3) is 0 Å². The maximum absolute atomic E-state index is 10.5. The van der Waals surface area contributed by atoms with Gasteiger partial charge in [0.15, 0.2) is 0 Å². The fourth-order valence-electron chi connectivity index (χ4n) is 0.728. The van der Waals surface area contributed by atoms with Crippen molar-refractivity contribution < 1.29 is 4.79 Å². The molecule has 0 aromatic rings. The Bertz CT molecular complexity index is 99.4. The van der Waals surface area contributed by atoms with Crippen molar-refractivity contribution in [2.75, 3.05) is 6.54 Å². The van der Waals surface area contributed by atoms with Crippen LogP contribution in [0.2, 0.25) is 0 Å². The van der Waals surface area contributed by atoms with Gasteiger partial charge in [-0.05, 0) is 19.9 Å². The van der Waals surface area contributed by atoms with Gasteiger partial charge in [-0.2, -0.15) is 0 Å². The fraction of sp³-hybridized carbons (Fsp3) is 0.875. The first kappa shape index (κ1) is 9.63. The first-order chi connectivity index (χ1) is 4.63. The van der Waals surface area contributed by atoms with Crippen molar-refractivity contribution in [3.63, 3.8) is 0 Å². The summed E-state index contributed by atoms with van der Waals surface area (Å²) in [5.41, 5.74) is 0. The van der Waals surface area contributed by atoms with E-state index in [9.17, 15) is 4.79 Å². The maximum Gasteiger partial charge on any atom is 0.129 e. The second-order valence-electron chi connectivity index (χ2n) is 2.91. The molecule has 0 aliphatic rings. The molecular weight excluding hydrogens is 126 g/mol. The summed E-state index contributed by atoms with van der Waals surface area (Å²) in [6.45, 7) is 6.80. The quantitative estimate of drug-likeness (QED) is 0.589. The second-order valence-corrected chi connectivity index (χ2v) is 2.91. The van der Waals surface area contributed by atoms with Gasteiger partial charge < -0.3 is 10.1 Å². The summed E-state index contributed by atoms with van der Waals surface area (Å²) >= 11 is 0. The standard InChI is InChI=1S/C8H17NO/c1-7(2)9-6-4-5-8(3)10/h7,9H,4-6H2,1-3H3. The van der Waals surface area contributed by atoms with Crippen LogP contribution in [0, 0.1) is 0 Å². The molecule has 2 heteroatoms. The number of carbonyl (C=O) groups excluding carboxylic acids is 1. The van der Waals surface area contributed by atoms with E-state index in [0.29, 0.717) is 12.5 Å². The summed E-state index contributed by atoms with van der Waals surface area (Å²) in [6, 6.07) is 0.534. The second kappa shape index (κ2) is 5.42. The van der Waals surface area contributed by atoms with Gasteiger partial charge in [-0.15, -0.1) is 0 Å². The van der Waals surface area contributed by atoms with E-state index in [0.717, 1.165) is 13.0 Å². The van der Waals surface area contributed by atoms with Crippen LogP contribution in [0.1, 0.15) is 33.6 Å². The van der Waals surface area contributed by atoms with Gasteiger partial charge in [-0.3, -0.25) is 0 Å². The van der Waals surface area contributed by atoms with Gasteiger partial charge in [0.25, 0.3) is 0 Å². The van der Waals surface area contributed by atoms with E-state index in [4.69, 9.17) is 0 Å². The highest BCUT2D eigenvalue weighted by atomic mass is 16.1. The summed E-state index contributed by atoms with van der Waals surface area (Å²) in [6.07, 6.45) is 1.67. The molecule has 2 nitrogen and oxygen atoms in total. The third-order valence-electron chi connectivity index (χ3n) is 1.26. The summed E-state index contributed by atoms with van der Waals surface area (Å²) in [4.78, 5) is 10.5. The van der Waals surface area contributed by atoms with E-state index in [1.54, 1.807) is 6.92 Å². The maximum atomic E-state index is 10.5. The molecule has 0 aliphatic carbocycles. The van der Waals surface area contributed by atoms with E-state index in [1.165, 1.54) is 0 Å². The van der Waals surface area contributed by atoms with Gasteiger partial charge in [-0.25, -0.2) is 0 Å². The average Bonchev–Trinajstić information content (AvgIpc) is 1.79. The van der Waals surface area contributed by atoms with E-state index < -0.39 is 0 Å². The summed E-state index contributed by atoms with van der Waals surface area (Å²) in [5.74, 6) is 0.283. The number of rotatable bonds is 5. The highest BCUT2D eigenvalue weighted by Gasteiger charge is 1.93. The molecule has 0 aromatic carbocycles. The number of hydrogen-bond acceptors (Lipinski definition) is 2. The number of ketones is 1. The monoisotopic (exact) mass is 143 g/mol. The van der Waals surface area contributed by atoms with E-state index in [1.807, 2.05) is 0 Å². The van der Waals surface area contributed by atoms with Gasteiger partial charge in [0.1, 0.15) is 5.78 Å². The molecule has 0 unspecified atom stereocenters. The van der Waals surface area contributed by atoms with Crippen LogP contribution in [0.15, 0.2) is 0 Å². The first-order valence-electron chi connectivity index (χ1n) is 3.85. The molecule has 0 radical (unpaired) electrons. The number of hydrogen-bond donors (Lipinski definition) is 1. The minimum absolute atomic E-state index is 0.283. The largest absolute Gasteiger partial charge is 0.315 e. The van der Waals surface area contributed by atoms with Crippen molar-refractivity contribution in [2.45, 2.75) is 39.7 Å². The Morgan fingerprint density at radius 1 is 1.50 bits per heavy atom. The van der Waals surface area contributed by atoms with Crippen molar-refractivity contribution in [1.29, 1.82) is 0 Å². The first-order valence-corrected chi connectivity index (χ1v) is 3.85. The van der Waals surface area contributed by atoms with Gasteiger partial charge in [0.05, 0.1) is 0 Å². The Morgan fingerprint density at radius 3 is 2.50 bits per heavy atom. The van der Waals surface area contributed by atoms with Crippen LogP contribution in [-0.2, 0) is 4.79 Å². The zero-order chi connectivity index (χ0) is 7.98. The zero-order valence-corrected chi connectivity index (χ0v) is 7.11. The van der Waals surface area contributed by atoms with Crippen LogP contribution in [-0.4, -0.2) is 18.4 Å². The topological polar surface area (TPSA) is 29.1 Å². The molecule has 0 saturated heterocycles. The lowest BCUT2D eigenvalue weighted by molar-refractivity contribution is -0.117. The molecule has 0 fully saturated rings. The van der Waals surface area contributed by atoms with Crippen LogP contribution in [0.4, 0.5) is 0 Å². The number of carbonyl (C=O) groups is 1. The van der Waals surface area contributed by atoms with Gasteiger partial charge in [0, 0.05) is 12.5 Å². The summed E-state index contributed by atoms with van der Waals surface area (Å²) in [7, 11) is 0. The lowest BCUT2D eigenvalue weighted by Crippen LogP contribution is -2.23. The van der Waals surface area contributed by atoms with Gasteiger partial charge in [0.2, 0.25) is 0 Å². The zero-order valence-electron chi connectivity index (χ0n) is 7.11. The molecule has 0 spiro atoms. The molecule has 60 valence electrons. The van der Waals surface area contributed by atoms with E-state index in [2.05, 4.69) is 19.2 Å². The molecule has 0 rings (SSSR count). The molecular formula is C8H17NO. The van der Waals surface area contributed by atoms with E-state index >= 15 is 0 Å². The molecule has 1 N–H and O–H groups in total. The number of nitrogens with one attached hydrogen (secondary N) is 1. The SMILES string of the molecule is CC(=O)CCCNC(C)C. The average molecular weight is 143 g/mol. The Balaban J connectivity index is 2.98. The smallest absolute Gasteiger partial charge is 0.129 e. The Hall–Kier alpha value is -0.370. The molecule has 0 atom stereocenters. The minimum atomic E-state index is 0.283. The van der Waals surface area contributed by atoms with Crippen molar-refractivity contribution >= 4 is 5.78 Å². The highest BCUT2D eigenvalue weighted by molar-refractivity contribution is 5.75. The summed E-state index contributed by atoms with van der Waals surface area (Å²) in [5, 5.41) is 3.25. The minimum Gasteiger partial charge on any atom is -0.315 e. The molecule has 0 bridgehead atoms. The third-order valence-corrected chi connectivity index (χ3v) is 1.26. The van der Waals surface area contributed by atoms with Crippen molar-refractivity contribution in [3.8, 4) is 0 Å². The molecule has 0 heterocycles. The Labute approximate surface area is 63.0 Å². The van der Waals surface area contributed by atoms with E-state index in [-0.39, 0.29) is 5.78 Å². The van der Waals surface area contributed by atoms with Crippen molar-refractivity contribution in [3.05, 3.63) is 0 Å². The van der Waals surface area contributed by atoms with Crippen LogP contribution in [0.5, 0.6) is 0 Å². The fourth-order valence-corrected chi connectivity index (χ4v) is 0.728. The molecule has 10 heavy (non-hydrogen) atoms. The highest BCUT2D eigenvalue weighted by Crippen LogP contribution is 1.88. The van der Waals surface area contributed by atoms with Crippen molar-refractivity contribution in [2.24, 2.45) is 0 Å². The molecule has 0 aromatic heterocycles. The lowest BCUT2D eigenvalue weighted by Gasteiger charge is -2.05. The van der Waals surface area contributed by atoms with Gasteiger partial charge in [-0.1, -0.05) is 13.8 Å².